The van der Waals surface area contributed by atoms with Crippen LogP contribution in [0, 0.1) is 11.3 Å². The van der Waals surface area contributed by atoms with Gasteiger partial charge in [0.15, 0.2) is 0 Å². The molecule has 1 aromatic heterocycles. The van der Waals surface area contributed by atoms with Crippen LogP contribution < -0.4 is 5.32 Å². The molecule has 0 unspecified atom stereocenters. The Morgan fingerprint density at radius 3 is 2.58 bits per heavy atom. The maximum atomic E-state index is 12.5. The highest BCUT2D eigenvalue weighted by atomic mass is 32.1. The molecule has 4 nitrogen and oxygen atoms in total. The molecule has 1 heterocycles. The number of anilines is 1. The first-order chi connectivity index (χ1) is 11.3. The van der Waals surface area contributed by atoms with Crippen LogP contribution in [0.25, 0.3) is 0 Å². The van der Waals surface area contributed by atoms with Crippen molar-refractivity contribution in [2.45, 2.75) is 66.7 Å². The lowest BCUT2D eigenvalue weighted by Crippen LogP contribution is -2.28. The maximum Gasteiger partial charge on any atom is 0.341 e. The molecule has 0 aromatic carbocycles. The predicted molar refractivity (Wildman–Crippen MR) is 98.8 cm³/mol. The first-order valence-electron chi connectivity index (χ1n) is 8.91. The van der Waals surface area contributed by atoms with E-state index in [1.807, 2.05) is 20.8 Å². The summed E-state index contributed by atoms with van der Waals surface area (Å²) >= 11 is 1.56. The van der Waals surface area contributed by atoms with Crippen LogP contribution in [0.4, 0.5) is 5.00 Å². The van der Waals surface area contributed by atoms with Gasteiger partial charge in [0, 0.05) is 10.3 Å². The lowest BCUT2D eigenvalue weighted by atomic mass is 9.84. The molecule has 1 N–H and O–H groups in total. The Hall–Kier alpha value is -1.36. The van der Waals surface area contributed by atoms with Gasteiger partial charge in [0.05, 0.1) is 12.2 Å². The van der Waals surface area contributed by atoms with E-state index in [1.165, 1.54) is 17.7 Å². The van der Waals surface area contributed by atoms with Crippen LogP contribution >= 0.6 is 11.3 Å². The third-order valence-electron chi connectivity index (χ3n) is 4.45. The van der Waals surface area contributed by atoms with Crippen LogP contribution in [-0.4, -0.2) is 18.5 Å². The number of amides is 1. The van der Waals surface area contributed by atoms with E-state index in [1.54, 1.807) is 18.3 Å². The van der Waals surface area contributed by atoms with Gasteiger partial charge in [0.2, 0.25) is 5.91 Å². The van der Waals surface area contributed by atoms with Crippen molar-refractivity contribution >= 4 is 28.2 Å². The Balaban J connectivity index is 2.35. The first-order valence-corrected chi connectivity index (χ1v) is 9.72. The topological polar surface area (TPSA) is 55.4 Å². The van der Waals surface area contributed by atoms with Gasteiger partial charge in [-0.2, -0.15) is 0 Å². The maximum absolute atomic E-state index is 12.5. The number of hydrogen-bond acceptors (Lipinski definition) is 4. The number of ether oxygens (including phenoxy) is 1. The van der Waals surface area contributed by atoms with Gasteiger partial charge in [-0.05, 0) is 37.7 Å². The minimum atomic E-state index is -0.499. The molecule has 0 saturated carbocycles. The van der Waals surface area contributed by atoms with Crippen LogP contribution in [0.3, 0.4) is 0 Å². The number of rotatable bonds is 5. The zero-order valence-corrected chi connectivity index (χ0v) is 16.3. The van der Waals surface area contributed by atoms with E-state index in [-0.39, 0.29) is 11.9 Å². The molecule has 1 aromatic rings. The van der Waals surface area contributed by atoms with Gasteiger partial charge in [-0.3, -0.25) is 4.79 Å². The Morgan fingerprint density at radius 1 is 1.29 bits per heavy atom. The second kappa shape index (κ2) is 7.68. The van der Waals surface area contributed by atoms with Crippen molar-refractivity contribution < 1.29 is 14.3 Å². The number of hydrogen-bond donors (Lipinski definition) is 1. The summed E-state index contributed by atoms with van der Waals surface area (Å²) in [7, 11) is 0. The fourth-order valence-electron chi connectivity index (χ4n) is 3.11. The summed E-state index contributed by atoms with van der Waals surface area (Å²) in [5, 5.41) is 3.64. The van der Waals surface area contributed by atoms with Gasteiger partial charge in [-0.25, -0.2) is 4.79 Å². The van der Waals surface area contributed by atoms with Gasteiger partial charge >= 0.3 is 5.97 Å². The smallest absolute Gasteiger partial charge is 0.341 e. The van der Waals surface area contributed by atoms with E-state index >= 15 is 0 Å². The summed E-state index contributed by atoms with van der Waals surface area (Å²) in [5.41, 5.74) is 1.18. The number of fused-ring (bicyclic) bond motifs is 1. The molecule has 0 spiro atoms. The highest BCUT2D eigenvalue weighted by Gasteiger charge is 2.31. The van der Waals surface area contributed by atoms with E-state index in [2.05, 4.69) is 12.2 Å². The molecule has 5 heteroatoms. The summed E-state index contributed by atoms with van der Waals surface area (Å²) in [6.07, 6.45) is 5.41. The summed E-state index contributed by atoms with van der Waals surface area (Å²) in [6.45, 7) is 9.98. The quantitative estimate of drug-likeness (QED) is 0.774. The van der Waals surface area contributed by atoms with Crippen molar-refractivity contribution in [2.75, 3.05) is 11.9 Å². The Bertz CT molecular complexity index is 613. The summed E-state index contributed by atoms with van der Waals surface area (Å²) in [6, 6.07) is 0. The van der Waals surface area contributed by atoms with Gasteiger partial charge in [0.1, 0.15) is 5.00 Å². The highest BCUT2D eigenvalue weighted by Crippen LogP contribution is 2.41. The molecule has 1 amide bonds. The fourth-order valence-corrected chi connectivity index (χ4v) is 4.45. The van der Waals surface area contributed by atoms with Gasteiger partial charge in [-0.15, -0.1) is 11.3 Å². The molecule has 2 rings (SSSR count). The monoisotopic (exact) mass is 351 g/mol. The van der Waals surface area contributed by atoms with Gasteiger partial charge in [0.25, 0.3) is 0 Å². The van der Waals surface area contributed by atoms with Gasteiger partial charge < -0.3 is 10.1 Å². The Morgan fingerprint density at radius 2 is 2.00 bits per heavy atom. The molecular formula is C19H29NO3S. The summed E-state index contributed by atoms with van der Waals surface area (Å²) < 4.78 is 5.25. The van der Waals surface area contributed by atoms with E-state index in [0.29, 0.717) is 23.1 Å². The molecule has 0 radical (unpaired) electrons. The fraction of sp³-hybridized carbons (Fsp3) is 0.684. The lowest BCUT2D eigenvalue weighted by Gasteiger charge is -2.22. The third kappa shape index (κ3) is 4.18. The van der Waals surface area contributed by atoms with E-state index in [9.17, 15) is 9.59 Å². The predicted octanol–water partition coefficient (Wildman–Crippen LogP) is 4.81. The second-order valence-electron chi connectivity index (χ2n) is 7.53. The van der Waals surface area contributed by atoms with Crippen LogP contribution in [0.5, 0.6) is 0 Å². The van der Waals surface area contributed by atoms with Crippen LogP contribution in [0.1, 0.15) is 74.7 Å². The Kier molecular flexibility index (Phi) is 6.07. The average Bonchev–Trinajstić information content (AvgIpc) is 2.84. The molecular weight excluding hydrogens is 322 g/mol. The third-order valence-corrected chi connectivity index (χ3v) is 5.62. The van der Waals surface area contributed by atoms with Crippen molar-refractivity contribution in [1.82, 2.24) is 0 Å². The first kappa shape index (κ1) is 19.0. The second-order valence-corrected chi connectivity index (χ2v) is 8.64. The van der Waals surface area contributed by atoms with Crippen molar-refractivity contribution in [3.8, 4) is 0 Å². The Labute approximate surface area is 149 Å². The SMILES string of the molecule is CCC[C@@H]1CCc2c(sc(NC(=O)C(C)(C)C)c2C(=O)OCC)C1. The van der Waals surface area contributed by atoms with Crippen molar-refractivity contribution in [1.29, 1.82) is 0 Å². The standard InChI is InChI=1S/C19H29NO3S/c1-6-8-12-9-10-13-14(11-12)24-16(15(13)17(21)23-7-2)20-18(22)19(3,4)5/h12H,6-11H2,1-5H3,(H,20,22)/t12-/m1/s1. The normalized spacial score (nSPS) is 17.3. The van der Waals surface area contributed by atoms with E-state index in [0.717, 1.165) is 24.8 Å². The number of carbonyl (C=O) groups is 2. The molecule has 1 aliphatic rings. The van der Waals surface area contributed by atoms with Crippen molar-refractivity contribution in [3.63, 3.8) is 0 Å². The molecule has 1 atom stereocenters. The number of esters is 1. The van der Waals surface area contributed by atoms with Gasteiger partial charge in [-0.1, -0.05) is 40.5 Å². The average molecular weight is 352 g/mol. The van der Waals surface area contributed by atoms with E-state index < -0.39 is 5.41 Å². The minimum absolute atomic E-state index is 0.0725. The number of thiophene rings is 1. The summed E-state index contributed by atoms with van der Waals surface area (Å²) in [5.74, 6) is 0.298. The molecule has 0 bridgehead atoms. The van der Waals surface area contributed by atoms with Crippen LogP contribution in [0.15, 0.2) is 0 Å². The highest BCUT2D eigenvalue weighted by molar-refractivity contribution is 7.17. The molecule has 24 heavy (non-hydrogen) atoms. The number of carbonyl (C=O) groups excluding carboxylic acids is 2. The zero-order chi connectivity index (χ0) is 17.9. The lowest BCUT2D eigenvalue weighted by molar-refractivity contribution is -0.123. The summed E-state index contributed by atoms with van der Waals surface area (Å²) in [4.78, 5) is 26.1. The zero-order valence-electron chi connectivity index (χ0n) is 15.5. The van der Waals surface area contributed by atoms with Crippen LogP contribution in [-0.2, 0) is 22.4 Å². The largest absolute Gasteiger partial charge is 0.462 e. The molecule has 0 aliphatic heterocycles. The van der Waals surface area contributed by atoms with Crippen molar-refractivity contribution in [3.05, 3.63) is 16.0 Å². The van der Waals surface area contributed by atoms with Crippen LogP contribution in [0.2, 0.25) is 0 Å². The number of nitrogens with one attached hydrogen (secondary N) is 1. The molecule has 0 fully saturated rings. The molecule has 0 saturated heterocycles. The molecule has 1 aliphatic carbocycles. The van der Waals surface area contributed by atoms with E-state index in [4.69, 9.17) is 4.74 Å². The minimum Gasteiger partial charge on any atom is -0.462 e. The molecule has 134 valence electrons. The van der Waals surface area contributed by atoms with Crippen molar-refractivity contribution in [2.24, 2.45) is 11.3 Å².